The van der Waals surface area contributed by atoms with E-state index in [4.69, 9.17) is 12.2 Å². The number of hydrogen-bond acceptors (Lipinski definition) is 2. The van der Waals surface area contributed by atoms with E-state index in [9.17, 15) is 4.79 Å². The fourth-order valence-electron chi connectivity index (χ4n) is 2.54. The zero-order valence-corrected chi connectivity index (χ0v) is 15.6. The molecule has 0 bridgehead atoms. The van der Waals surface area contributed by atoms with Crippen LogP contribution in [0, 0.1) is 18.3 Å². The summed E-state index contributed by atoms with van der Waals surface area (Å²) in [5.74, 6) is 3.38. The number of carbonyl (C=O) groups excluding carboxylic acids is 1. The van der Waals surface area contributed by atoms with Crippen molar-refractivity contribution in [3.8, 4) is 12.3 Å². The van der Waals surface area contributed by atoms with Crippen LogP contribution in [0.25, 0.3) is 0 Å². The van der Waals surface area contributed by atoms with Crippen LogP contribution in [-0.2, 0) is 4.79 Å². The van der Waals surface area contributed by atoms with Crippen molar-refractivity contribution in [2.75, 3.05) is 25.0 Å². The molecule has 0 radical (unpaired) electrons. The number of piperidine rings is 1. The molecule has 1 fully saturated rings. The van der Waals surface area contributed by atoms with Gasteiger partial charge in [-0.2, -0.15) is 0 Å². The van der Waals surface area contributed by atoms with E-state index < -0.39 is 0 Å². The van der Waals surface area contributed by atoms with Crippen molar-refractivity contribution in [1.82, 2.24) is 4.90 Å². The van der Waals surface area contributed by atoms with Crippen LogP contribution >= 0.6 is 24.0 Å². The topological polar surface area (TPSA) is 70.7 Å². The fraction of sp³-hybridized carbons (Fsp3) is 0.412. The Labute approximate surface area is 154 Å². The Bertz CT molecular complexity index is 609. The molecule has 2 rings (SSSR count). The summed E-state index contributed by atoms with van der Waals surface area (Å²) in [6.07, 6.45) is 7.67. The van der Waals surface area contributed by atoms with E-state index in [0.29, 0.717) is 17.6 Å². The molecular weight excluding hydrogens is 403 g/mol. The number of rotatable bonds is 3. The summed E-state index contributed by atoms with van der Waals surface area (Å²) in [6, 6.07) is 7.15. The van der Waals surface area contributed by atoms with E-state index >= 15 is 0 Å². The van der Waals surface area contributed by atoms with Gasteiger partial charge in [0.05, 0.1) is 0 Å². The molecular formula is C17H23IN4O. The first-order valence-corrected chi connectivity index (χ1v) is 7.50. The highest BCUT2D eigenvalue weighted by molar-refractivity contribution is 14.0. The highest BCUT2D eigenvalue weighted by Crippen LogP contribution is 2.15. The molecule has 1 amide bonds. The number of anilines is 1. The van der Waals surface area contributed by atoms with Crippen LogP contribution < -0.4 is 11.1 Å². The maximum atomic E-state index is 11.9. The molecule has 0 saturated carbocycles. The lowest BCUT2D eigenvalue weighted by atomic mass is 10.0. The largest absolute Gasteiger partial charge is 0.370 e. The Morgan fingerprint density at radius 1 is 1.57 bits per heavy atom. The second-order valence-electron chi connectivity index (χ2n) is 5.64. The third kappa shape index (κ3) is 6.10. The van der Waals surface area contributed by atoms with Gasteiger partial charge >= 0.3 is 0 Å². The van der Waals surface area contributed by atoms with Crippen LogP contribution in [0.2, 0.25) is 0 Å². The van der Waals surface area contributed by atoms with Gasteiger partial charge in [0.2, 0.25) is 5.91 Å². The maximum absolute atomic E-state index is 11.9. The summed E-state index contributed by atoms with van der Waals surface area (Å²) in [7, 11) is 0. The normalized spacial score (nSPS) is 17.8. The van der Waals surface area contributed by atoms with Crippen LogP contribution in [0.4, 0.5) is 5.69 Å². The minimum Gasteiger partial charge on any atom is -0.370 e. The number of guanidine groups is 1. The zero-order chi connectivity index (χ0) is 15.9. The van der Waals surface area contributed by atoms with E-state index in [1.807, 2.05) is 11.0 Å². The third-order valence-electron chi connectivity index (χ3n) is 3.68. The highest BCUT2D eigenvalue weighted by Gasteiger charge is 2.17. The monoisotopic (exact) mass is 426 g/mol. The molecule has 1 aliphatic rings. The molecule has 1 saturated heterocycles. The lowest BCUT2D eigenvalue weighted by molar-refractivity contribution is -0.114. The van der Waals surface area contributed by atoms with Gasteiger partial charge in [0.25, 0.3) is 0 Å². The number of carbonyl (C=O) groups is 1. The number of aliphatic imine (C=N–C) groups is 1. The van der Waals surface area contributed by atoms with E-state index in [0.717, 1.165) is 25.1 Å². The summed E-state index contributed by atoms with van der Waals surface area (Å²) < 4.78 is 0. The smallest absolute Gasteiger partial charge is 0.246 e. The van der Waals surface area contributed by atoms with Crippen molar-refractivity contribution in [2.24, 2.45) is 16.6 Å². The summed E-state index contributed by atoms with van der Waals surface area (Å²) in [6.45, 7) is 4.02. The maximum Gasteiger partial charge on any atom is 0.246 e. The molecule has 1 unspecified atom stereocenters. The zero-order valence-electron chi connectivity index (χ0n) is 13.3. The first-order chi connectivity index (χ1) is 10.6. The Morgan fingerprint density at radius 3 is 3.04 bits per heavy atom. The Balaban J connectivity index is 0.00000264. The lowest BCUT2D eigenvalue weighted by Crippen LogP contribution is -2.43. The van der Waals surface area contributed by atoms with E-state index in [1.54, 1.807) is 18.2 Å². The summed E-state index contributed by atoms with van der Waals surface area (Å²) >= 11 is 0. The molecule has 1 aromatic rings. The first-order valence-electron chi connectivity index (χ1n) is 7.50. The number of amides is 1. The van der Waals surface area contributed by atoms with Crippen LogP contribution in [0.15, 0.2) is 29.3 Å². The number of nitrogens with two attached hydrogens (primary N) is 1. The number of hydrogen-bond donors (Lipinski definition) is 2. The first kappa shape index (κ1) is 19.3. The number of nitrogens with zero attached hydrogens (tertiary/aromatic N) is 2. The average molecular weight is 426 g/mol. The second kappa shape index (κ2) is 9.40. The number of halogens is 1. The molecule has 5 nitrogen and oxygen atoms in total. The van der Waals surface area contributed by atoms with E-state index in [1.165, 1.54) is 6.42 Å². The van der Waals surface area contributed by atoms with Gasteiger partial charge in [-0.05, 0) is 37.0 Å². The van der Waals surface area contributed by atoms with Crippen LogP contribution in [-0.4, -0.2) is 36.4 Å². The van der Waals surface area contributed by atoms with Crippen LogP contribution in [0.1, 0.15) is 25.3 Å². The Hall–Kier alpha value is -1.75. The molecule has 3 N–H and O–H groups in total. The molecule has 0 aromatic heterocycles. The van der Waals surface area contributed by atoms with Crippen molar-refractivity contribution in [1.29, 1.82) is 0 Å². The van der Waals surface area contributed by atoms with Crippen molar-refractivity contribution >= 4 is 41.5 Å². The molecule has 1 aromatic carbocycles. The number of likely N-dealkylation sites (tertiary alicyclic amines) is 1. The highest BCUT2D eigenvalue weighted by atomic mass is 127. The lowest BCUT2D eigenvalue weighted by Gasteiger charge is -2.31. The molecule has 6 heteroatoms. The summed E-state index contributed by atoms with van der Waals surface area (Å²) in [4.78, 5) is 18.2. The van der Waals surface area contributed by atoms with Crippen molar-refractivity contribution in [3.05, 3.63) is 29.8 Å². The molecule has 0 aliphatic carbocycles. The standard InChI is InChI=1S/C17H22N4O.HI/c1-3-14-7-4-8-15(10-14)20-16(22)11-19-17(18)21-9-5-6-13(2)12-21;/h1,4,7-8,10,13H,5-6,9,11-12H2,2H3,(H2,18,19)(H,20,22);1H. The third-order valence-corrected chi connectivity index (χ3v) is 3.68. The minimum atomic E-state index is -0.206. The van der Waals surface area contributed by atoms with Gasteiger partial charge in [-0.1, -0.05) is 18.9 Å². The quantitative estimate of drug-likeness (QED) is 0.337. The van der Waals surface area contributed by atoms with E-state index in [2.05, 4.69) is 23.2 Å². The minimum absolute atomic E-state index is 0. The van der Waals surface area contributed by atoms with Crippen LogP contribution in [0.3, 0.4) is 0 Å². The summed E-state index contributed by atoms with van der Waals surface area (Å²) in [5.41, 5.74) is 7.36. The fourth-order valence-corrected chi connectivity index (χ4v) is 2.54. The molecule has 1 aliphatic heterocycles. The Kier molecular flexibility index (Phi) is 7.89. The van der Waals surface area contributed by atoms with Gasteiger partial charge in [0.1, 0.15) is 6.54 Å². The van der Waals surface area contributed by atoms with Gasteiger partial charge in [-0.25, -0.2) is 4.99 Å². The molecule has 124 valence electrons. The summed E-state index contributed by atoms with van der Waals surface area (Å²) in [5, 5.41) is 2.77. The SMILES string of the molecule is C#Cc1cccc(NC(=O)CN=C(N)N2CCCC(C)C2)c1.I. The number of benzene rings is 1. The number of terminal acetylenes is 1. The number of nitrogens with one attached hydrogen (secondary N) is 1. The predicted octanol–water partition coefficient (Wildman–Crippen LogP) is 2.27. The van der Waals surface area contributed by atoms with Crippen LogP contribution in [0.5, 0.6) is 0 Å². The van der Waals surface area contributed by atoms with Crippen molar-refractivity contribution in [2.45, 2.75) is 19.8 Å². The van der Waals surface area contributed by atoms with Crippen molar-refractivity contribution in [3.63, 3.8) is 0 Å². The van der Waals surface area contributed by atoms with Gasteiger partial charge in [-0.3, -0.25) is 4.79 Å². The second-order valence-corrected chi connectivity index (χ2v) is 5.64. The van der Waals surface area contributed by atoms with Gasteiger partial charge in [-0.15, -0.1) is 30.4 Å². The van der Waals surface area contributed by atoms with Gasteiger partial charge in [0, 0.05) is 24.3 Å². The predicted molar refractivity (Wildman–Crippen MR) is 105 cm³/mol. The molecule has 0 spiro atoms. The van der Waals surface area contributed by atoms with E-state index in [-0.39, 0.29) is 36.4 Å². The Morgan fingerprint density at radius 2 is 2.35 bits per heavy atom. The van der Waals surface area contributed by atoms with Gasteiger partial charge in [0.15, 0.2) is 5.96 Å². The molecule has 23 heavy (non-hydrogen) atoms. The van der Waals surface area contributed by atoms with Gasteiger partial charge < -0.3 is 16.0 Å². The molecule has 1 heterocycles. The average Bonchev–Trinajstić information content (AvgIpc) is 2.52. The molecule has 1 atom stereocenters. The van der Waals surface area contributed by atoms with Crippen molar-refractivity contribution < 1.29 is 4.79 Å².